The van der Waals surface area contributed by atoms with Crippen molar-refractivity contribution in [1.29, 1.82) is 0 Å². The standard InChI is InChI=1S/C28H23N3.C6H8BNO2/c29-26-18-10-11-22(19-26)27-20-31(21-30-27)28(23-12-4-1-5-13-23,24-14-6-2-7-15-24)25-16-8-3-9-17-25;8-6-3-1-2-5(4-6)7(9)10/h1-21H,29H2;1-4,9-10H,8H2. The number of nitrogens with zero attached hydrogens (tertiary/aromatic N) is 2. The van der Waals surface area contributed by atoms with Crippen LogP contribution in [0.3, 0.4) is 0 Å². The molecule has 5 aromatic carbocycles. The topological polar surface area (TPSA) is 110 Å². The molecule has 0 aliphatic rings. The first-order valence-electron chi connectivity index (χ1n) is 13.3. The molecular formula is C34H31BN4O2. The van der Waals surface area contributed by atoms with Crippen LogP contribution in [0.1, 0.15) is 16.7 Å². The van der Waals surface area contributed by atoms with Crippen LogP contribution in [-0.4, -0.2) is 26.7 Å². The van der Waals surface area contributed by atoms with E-state index in [-0.39, 0.29) is 0 Å². The second-order valence-electron chi connectivity index (χ2n) is 9.64. The minimum absolute atomic E-state index is 0.417. The molecule has 0 aliphatic carbocycles. The van der Waals surface area contributed by atoms with Crippen LogP contribution < -0.4 is 16.9 Å². The first kappa shape index (κ1) is 27.5. The van der Waals surface area contributed by atoms with E-state index < -0.39 is 12.7 Å². The summed E-state index contributed by atoms with van der Waals surface area (Å²) in [6.07, 6.45) is 4.04. The van der Waals surface area contributed by atoms with E-state index in [9.17, 15) is 0 Å². The van der Waals surface area contributed by atoms with Gasteiger partial charge in [-0.1, -0.05) is 115 Å². The average molecular weight is 538 g/mol. The summed E-state index contributed by atoms with van der Waals surface area (Å²) in [4.78, 5) is 4.78. The number of rotatable bonds is 6. The maximum absolute atomic E-state index is 8.65. The molecule has 6 rings (SSSR count). The van der Waals surface area contributed by atoms with Crippen LogP contribution in [0.5, 0.6) is 0 Å². The molecule has 0 aliphatic heterocycles. The van der Waals surface area contributed by atoms with Crippen molar-refractivity contribution in [3.05, 3.63) is 169 Å². The minimum Gasteiger partial charge on any atom is -0.423 e. The highest BCUT2D eigenvalue weighted by Gasteiger charge is 2.38. The molecule has 0 unspecified atom stereocenters. The van der Waals surface area contributed by atoms with E-state index >= 15 is 0 Å². The molecule has 0 saturated heterocycles. The number of hydrogen-bond donors (Lipinski definition) is 4. The summed E-state index contributed by atoms with van der Waals surface area (Å²) in [6, 6.07) is 46.1. The molecule has 202 valence electrons. The van der Waals surface area contributed by atoms with Crippen molar-refractivity contribution < 1.29 is 10.0 Å². The zero-order valence-electron chi connectivity index (χ0n) is 22.5. The molecule has 6 nitrogen and oxygen atoms in total. The number of nitrogen functional groups attached to an aromatic ring is 2. The normalized spacial score (nSPS) is 10.9. The van der Waals surface area contributed by atoms with E-state index in [0.717, 1.165) is 16.9 Å². The van der Waals surface area contributed by atoms with E-state index in [2.05, 4.69) is 102 Å². The summed E-state index contributed by atoms with van der Waals surface area (Å²) >= 11 is 0. The van der Waals surface area contributed by atoms with Crippen LogP contribution in [0.25, 0.3) is 11.3 Å². The largest absolute Gasteiger partial charge is 0.488 e. The highest BCUT2D eigenvalue weighted by atomic mass is 16.4. The second-order valence-corrected chi connectivity index (χ2v) is 9.64. The minimum atomic E-state index is -1.43. The van der Waals surface area contributed by atoms with Crippen LogP contribution in [-0.2, 0) is 5.54 Å². The highest BCUT2D eigenvalue weighted by molar-refractivity contribution is 6.58. The number of aromatic nitrogens is 2. The third kappa shape index (κ3) is 5.92. The van der Waals surface area contributed by atoms with Gasteiger partial charge in [-0.2, -0.15) is 0 Å². The predicted molar refractivity (Wildman–Crippen MR) is 167 cm³/mol. The molecule has 0 fully saturated rings. The summed E-state index contributed by atoms with van der Waals surface area (Å²) in [5.41, 5.74) is 17.9. The van der Waals surface area contributed by atoms with E-state index in [0.29, 0.717) is 11.2 Å². The first-order valence-corrected chi connectivity index (χ1v) is 13.3. The SMILES string of the molecule is Nc1cccc(-c2cn(C(c3ccccc3)(c3ccccc3)c3ccccc3)cn2)c1.Nc1cccc(B(O)O)c1. The molecule has 0 radical (unpaired) electrons. The summed E-state index contributed by atoms with van der Waals surface area (Å²) in [6.45, 7) is 0. The fourth-order valence-electron chi connectivity index (χ4n) is 5.06. The predicted octanol–water partition coefficient (Wildman–Crippen LogP) is 4.92. The van der Waals surface area contributed by atoms with Gasteiger partial charge < -0.3 is 26.1 Å². The monoisotopic (exact) mass is 538 g/mol. The van der Waals surface area contributed by atoms with E-state index in [4.69, 9.17) is 26.5 Å². The molecule has 6 N–H and O–H groups in total. The molecule has 0 amide bonds. The Hall–Kier alpha value is -5.11. The van der Waals surface area contributed by atoms with Crippen LogP contribution in [0, 0.1) is 0 Å². The average Bonchev–Trinajstić information content (AvgIpc) is 3.50. The zero-order valence-corrected chi connectivity index (χ0v) is 22.5. The third-order valence-corrected chi connectivity index (χ3v) is 6.94. The van der Waals surface area contributed by atoms with Gasteiger partial charge in [0.05, 0.1) is 12.0 Å². The maximum atomic E-state index is 8.65. The summed E-state index contributed by atoms with van der Waals surface area (Å²) in [5, 5.41) is 17.3. The first-order chi connectivity index (χ1) is 20.0. The Morgan fingerprint density at radius 2 is 1.07 bits per heavy atom. The Morgan fingerprint density at radius 1 is 0.585 bits per heavy atom. The molecule has 7 heteroatoms. The van der Waals surface area contributed by atoms with E-state index in [1.165, 1.54) is 22.8 Å². The molecule has 6 aromatic rings. The van der Waals surface area contributed by atoms with Gasteiger partial charge >= 0.3 is 7.12 Å². The van der Waals surface area contributed by atoms with E-state index in [1.807, 2.05) is 30.6 Å². The van der Waals surface area contributed by atoms with Gasteiger partial charge in [0.15, 0.2) is 0 Å². The summed E-state index contributed by atoms with van der Waals surface area (Å²) in [7, 11) is -1.43. The molecule has 1 heterocycles. The molecule has 0 spiro atoms. The Kier molecular flexibility index (Phi) is 8.30. The molecule has 41 heavy (non-hydrogen) atoms. The van der Waals surface area contributed by atoms with Crippen molar-refractivity contribution in [2.45, 2.75) is 5.54 Å². The molecule has 1 aromatic heterocycles. The van der Waals surface area contributed by atoms with Crippen LogP contribution >= 0.6 is 0 Å². The quantitative estimate of drug-likeness (QED) is 0.137. The lowest BCUT2D eigenvalue weighted by Gasteiger charge is -2.37. The van der Waals surface area contributed by atoms with Crippen molar-refractivity contribution in [1.82, 2.24) is 9.55 Å². The smallest absolute Gasteiger partial charge is 0.423 e. The van der Waals surface area contributed by atoms with Gasteiger partial charge in [0.2, 0.25) is 0 Å². The van der Waals surface area contributed by atoms with E-state index in [1.54, 1.807) is 18.2 Å². The van der Waals surface area contributed by atoms with Gasteiger partial charge in [0.25, 0.3) is 0 Å². The maximum Gasteiger partial charge on any atom is 0.488 e. The van der Waals surface area contributed by atoms with Crippen molar-refractivity contribution in [2.24, 2.45) is 0 Å². The van der Waals surface area contributed by atoms with Crippen molar-refractivity contribution in [3.8, 4) is 11.3 Å². The second kappa shape index (κ2) is 12.4. The fourth-order valence-corrected chi connectivity index (χ4v) is 5.06. The van der Waals surface area contributed by atoms with Crippen molar-refractivity contribution >= 4 is 24.0 Å². The number of benzene rings is 5. The van der Waals surface area contributed by atoms with Crippen molar-refractivity contribution in [2.75, 3.05) is 11.5 Å². The summed E-state index contributed by atoms with van der Waals surface area (Å²) < 4.78 is 2.21. The summed E-state index contributed by atoms with van der Waals surface area (Å²) in [5.74, 6) is 0. The molecular weight excluding hydrogens is 507 g/mol. The molecule has 0 saturated carbocycles. The lowest BCUT2D eigenvalue weighted by molar-refractivity contribution is 0.426. The molecule has 0 bridgehead atoms. The van der Waals surface area contributed by atoms with Crippen molar-refractivity contribution in [3.63, 3.8) is 0 Å². The fraction of sp³-hybridized carbons (Fsp3) is 0.0294. The Balaban J connectivity index is 0.000000287. The third-order valence-electron chi connectivity index (χ3n) is 6.94. The number of imidazole rings is 1. The number of anilines is 2. The number of hydrogen-bond acceptors (Lipinski definition) is 5. The van der Waals surface area contributed by atoms with Crippen LogP contribution in [0.4, 0.5) is 11.4 Å². The van der Waals surface area contributed by atoms with Gasteiger partial charge in [-0.15, -0.1) is 0 Å². The number of nitrogens with two attached hydrogens (primary N) is 2. The van der Waals surface area contributed by atoms with Crippen LogP contribution in [0.2, 0.25) is 0 Å². The lowest BCUT2D eigenvalue weighted by Crippen LogP contribution is -2.36. The van der Waals surface area contributed by atoms with Gasteiger partial charge in [0.1, 0.15) is 5.54 Å². The Morgan fingerprint density at radius 3 is 1.51 bits per heavy atom. The Labute approximate surface area is 240 Å². The molecule has 0 atom stereocenters. The van der Waals surface area contributed by atoms with Gasteiger partial charge in [-0.3, -0.25) is 0 Å². The van der Waals surface area contributed by atoms with Gasteiger partial charge in [-0.25, -0.2) is 4.98 Å². The van der Waals surface area contributed by atoms with Crippen LogP contribution in [0.15, 0.2) is 152 Å². The lowest BCUT2D eigenvalue weighted by atomic mass is 9.77. The van der Waals surface area contributed by atoms with Gasteiger partial charge in [0, 0.05) is 23.1 Å². The Bertz CT molecular complexity index is 1590. The zero-order chi connectivity index (χ0) is 28.7. The van der Waals surface area contributed by atoms with Gasteiger partial charge in [-0.05, 0) is 46.4 Å². The highest BCUT2D eigenvalue weighted by Crippen LogP contribution is 2.41.